The quantitative estimate of drug-likeness (QED) is 0.745. The van der Waals surface area contributed by atoms with Gasteiger partial charge in [0.05, 0.1) is 10.0 Å². The van der Waals surface area contributed by atoms with E-state index in [1.807, 2.05) is 0 Å². The molecular weight excluding hydrogens is 396 g/mol. The van der Waals surface area contributed by atoms with Crippen molar-refractivity contribution in [3.05, 3.63) is 52.0 Å². The number of ether oxygens (including phenoxy) is 2. The fraction of sp³-hybridized carbons (Fsp3) is 0.235. The Morgan fingerprint density at radius 2 is 1.85 bits per heavy atom. The van der Waals surface area contributed by atoms with Gasteiger partial charge in [0.15, 0.2) is 0 Å². The zero-order chi connectivity index (χ0) is 19.1. The SMILES string of the molecule is O=C(O)C1Cc2cc(Cl)c(Oc3ccccc3Cl)cc2OC1C(F)(F)F. The van der Waals surface area contributed by atoms with E-state index in [1.165, 1.54) is 12.1 Å². The predicted molar refractivity (Wildman–Crippen MR) is 88.3 cm³/mol. The van der Waals surface area contributed by atoms with Gasteiger partial charge >= 0.3 is 12.1 Å². The van der Waals surface area contributed by atoms with Crippen LogP contribution in [0, 0.1) is 5.92 Å². The molecule has 4 nitrogen and oxygen atoms in total. The molecule has 3 rings (SSSR count). The van der Waals surface area contributed by atoms with Gasteiger partial charge in [0.1, 0.15) is 23.2 Å². The normalized spacial score (nSPS) is 19.4. The molecule has 26 heavy (non-hydrogen) atoms. The van der Waals surface area contributed by atoms with Gasteiger partial charge in [-0.3, -0.25) is 4.79 Å². The first-order valence-corrected chi connectivity index (χ1v) is 8.13. The second-order valence-electron chi connectivity index (χ2n) is 5.65. The fourth-order valence-electron chi connectivity index (χ4n) is 2.64. The Morgan fingerprint density at radius 1 is 1.15 bits per heavy atom. The van der Waals surface area contributed by atoms with Crippen molar-refractivity contribution in [1.29, 1.82) is 0 Å². The van der Waals surface area contributed by atoms with Gasteiger partial charge in [-0.15, -0.1) is 0 Å². The third kappa shape index (κ3) is 3.68. The fourth-order valence-corrected chi connectivity index (χ4v) is 3.04. The summed E-state index contributed by atoms with van der Waals surface area (Å²) in [6, 6.07) is 9.05. The van der Waals surface area contributed by atoms with Crippen LogP contribution in [-0.2, 0) is 11.2 Å². The average molecular weight is 407 g/mol. The molecule has 0 radical (unpaired) electrons. The minimum atomic E-state index is -4.83. The monoisotopic (exact) mass is 406 g/mol. The van der Waals surface area contributed by atoms with E-state index in [0.29, 0.717) is 5.02 Å². The summed E-state index contributed by atoms with van der Waals surface area (Å²) < 4.78 is 50.0. The molecular formula is C17H11Cl2F3O4. The van der Waals surface area contributed by atoms with Crippen molar-refractivity contribution in [2.75, 3.05) is 0 Å². The van der Waals surface area contributed by atoms with Crippen molar-refractivity contribution in [3.8, 4) is 17.2 Å². The Bertz CT molecular complexity index is 854. The summed E-state index contributed by atoms with van der Waals surface area (Å²) in [4.78, 5) is 11.2. The summed E-state index contributed by atoms with van der Waals surface area (Å²) in [6.07, 6.45) is -7.65. The second kappa shape index (κ2) is 6.89. The van der Waals surface area contributed by atoms with Gasteiger partial charge in [0.25, 0.3) is 0 Å². The first-order chi connectivity index (χ1) is 12.2. The van der Waals surface area contributed by atoms with Crippen LogP contribution in [-0.4, -0.2) is 23.4 Å². The van der Waals surface area contributed by atoms with Crippen molar-refractivity contribution >= 4 is 29.2 Å². The van der Waals surface area contributed by atoms with E-state index in [1.54, 1.807) is 24.3 Å². The summed E-state index contributed by atoms with van der Waals surface area (Å²) >= 11 is 12.1. The molecule has 1 aliphatic heterocycles. The predicted octanol–water partition coefficient (Wildman–Crippen LogP) is 5.35. The molecule has 0 fully saturated rings. The highest BCUT2D eigenvalue weighted by molar-refractivity contribution is 6.33. The van der Waals surface area contributed by atoms with Crippen LogP contribution >= 0.6 is 23.2 Å². The lowest BCUT2D eigenvalue weighted by Crippen LogP contribution is -2.47. The van der Waals surface area contributed by atoms with E-state index in [-0.39, 0.29) is 34.3 Å². The molecule has 0 saturated heterocycles. The molecule has 0 saturated carbocycles. The van der Waals surface area contributed by atoms with E-state index in [9.17, 15) is 18.0 Å². The van der Waals surface area contributed by atoms with Gasteiger partial charge in [-0.2, -0.15) is 13.2 Å². The minimum absolute atomic E-state index is 0.0493. The van der Waals surface area contributed by atoms with Crippen molar-refractivity contribution < 1.29 is 32.5 Å². The topological polar surface area (TPSA) is 55.8 Å². The maximum Gasteiger partial charge on any atom is 0.426 e. The lowest BCUT2D eigenvalue weighted by Gasteiger charge is -2.32. The van der Waals surface area contributed by atoms with E-state index >= 15 is 0 Å². The van der Waals surface area contributed by atoms with Gasteiger partial charge in [0, 0.05) is 6.07 Å². The Balaban J connectivity index is 1.97. The third-order valence-corrected chi connectivity index (χ3v) is 4.48. The van der Waals surface area contributed by atoms with Gasteiger partial charge in [0.2, 0.25) is 6.10 Å². The maximum absolute atomic E-state index is 13.2. The summed E-state index contributed by atoms with van der Waals surface area (Å²) in [7, 11) is 0. The van der Waals surface area contributed by atoms with Gasteiger partial charge in [-0.1, -0.05) is 35.3 Å². The molecule has 0 bridgehead atoms. The van der Waals surface area contributed by atoms with Crippen LogP contribution in [0.5, 0.6) is 17.2 Å². The number of rotatable bonds is 3. The first-order valence-electron chi connectivity index (χ1n) is 7.38. The third-order valence-electron chi connectivity index (χ3n) is 3.87. The lowest BCUT2D eigenvalue weighted by atomic mass is 9.90. The molecule has 0 aliphatic carbocycles. The summed E-state index contributed by atoms with van der Waals surface area (Å²) in [5.74, 6) is -3.16. The first kappa shape index (κ1) is 18.7. The number of aliphatic carboxylic acids is 1. The van der Waals surface area contributed by atoms with Crippen LogP contribution in [0.2, 0.25) is 10.0 Å². The number of alkyl halides is 3. The van der Waals surface area contributed by atoms with Crippen molar-refractivity contribution in [3.63, 3.8) is 0 Å². The average Bonchev–Trinajstić information content (AvgIpc) is 2.55. The van der Waals surface area contributed by atoms with Crippen LogP contribution in [0.1, 0.15) is 5.56 Å². The van der Waals surface area contributed by atoms with Gasteiger partial charge in [-0.25, -0.2) is 0 Å². The van der Waals surface area contributed by atoms with E-state index in [2.05, 4.69) is 0 Å². The van der Waals surface area contributed by atoms with E-state index in [0.717, 1.165) is 0 Å². The summed E-state index contributed by atoms with van der Waals surface area (Å²) in [6.45, 7) is 0. The molecule has 2 aromatic carbocycles. The molecule has 1 heterocycles. The molecule has 1 aliphatic rings. The lowest BCUT2D eigenvalue weighted by molar-refractivity contribution is -0.217. The molecule has 2 aromatic rings. The molecule has 0 aromatic heterocycles. The molecule has 0 amide bonds. The number of carboxylic acid groups (broad SMARTS) is 1. The van der Waals surface area contributed by atoms with Crippen LogP contribution in [0.3, 0.4) is 0 Å². The Hall–Kier alpha value is -2.12. The highest BCUT2D eigenvalue weighted by atomic mass is 35.5. The number of carboxylic acids is 1. The van der Waals surface area contributed by atoms with Crippen LogP contribution in [0.15, 0.2) is 36.4 Å². The van der Waals surface area contributed by atoms with E-state index < -0.39 is 24.2 Å². The number of hydrogen-bond donors (Lipinski definition) is 1. The van der Waals surface area contributed by atoms with Gasteiger partial charge in [-0.05, 0) is 30.2 Å². The molecule has 1 N–H and O–H groups in total. The highest BCUT2D eigenvalue weighted by Crippen LogP contribution is 2.43. The maximum atomic E-state index is 13.2. The van der Waals surface area contributed by atoms with Crippen molar-refractivity contribution in [2.45, 2.75) is 18.7 Å². The zero-order valence-corrected chi connectivity index (χ0v) is 14.4. The molecule has 9 heteroatoms. The number of carbonyl (C=O) groups is 1. The Morgan fingerprint density at radius 3 is 2.46 bits per heavy atom. The molecule has 2 unspecified atom stereocenters. The zero-order valence-electron chi connectivity index (χ0n) is 12.9. The highest BCUT2D eigenvalue weighted by Gasteiger charge is 2.52. The number of hydrogen-bond acceptors (Lipinski definition) is 3. The van der Waals surface area contributed by atoms with Crippen LogP contribution in [0.25, 0.3) is 0 Å². The smallest absolute Gasteiger partial charge is 0.426 e. The number of halogens is 5. The Kier molecular flexibility index (Phi) is 4.94. The number of benzene rings is 2. The van der Waals surface area contributed by atoms with Crippen LogP contribution < -0.4 is 9.47 Å². The van der Waals surface area contributed by atoms with E-state index in [4.69, 9.17) is 37.8 Å². The Labute approximate surface area is 156 Å². The summed E-state index contributed by atoms with van der Waals surface area (Å²) in [5, 5.41) is 9.49. The number of para-hydroxylation sites is 1. The second-order valence-corrected chi connectivity index (χ2v) is 6.47. The molecule has 2 atom stereocenters. The molecule has 138 valence electrons. The summed E-state index contributed by atoms with van der Waals surface area (Å²) in [5.41, 5.74) is 0.259. The molecule has 0 spiro atoms. The minimum Gasteiger partial charge on any atom is -0.481 e. The van der Waals surface area contributed by atoms with Crippen LogP contribution in [0.4, 0.5) is 13.2 Å². The van der Waals surface area contributed by atoms with Gasteiger partial charge < -0.3 is 14.6 Å². The largest absolute Gasteiger partial charge is 0.481 e. The number of fused-ring (bicyclic) bond motifs is 1. The van der Waals surface area contributed by atoms with Crippen molar-refractivity contribution in [2.24, 2.45) is 5.92 Å². The van der Waals surface area contributed by atoms with Crippen molar-refractivity contribution in [1.82, 2.24) is 0 Å². The standard InChI is InChI=1S/C17H11Cl2F3O4/c18-10-3-1-2-4-12(10)25-14-7-13-8(6-11(14)19)5-9(16(23)24)15(26-13)17(20,21)22/h1-4,6-7,9,15H,5H2,(H,23,24).